The number of ether oxygens (including phenoxy) is 2. The molecule has 1 aromatic heterocycles. The molecule has 3 heterocycles. The molecule has 0 spiro atoms. The number of fused-ring (bicyclic) bond motifs is 1. The first kappa shape index (κ1) is 19.8. The Bertz CT molecular complexity index is 1080. The minimum Gasteiger partial charge on any atom is -0.497 e. The highest BCUT2D eigenvalue weighted by Gasteiger charge is 2.23. The van der Waals surface area contributed by atoms with Gasteiger partial charge in [-0.15, -0.1) is 0 Å². The van der Waals surface area contributed by atoms with Gasteiger partial charge in [-0.3, -0.25) is 9.36 Å². The van der Waals surface area contributed by atoms with Gasteiger partial charge in [0, 0.05) is 24.8 Å². The SMILES string of the molecule is CCOC1C=Cc2cc(-c3ccc(OC)cc3)c(=O)n(C3=CN=C(NC)NC3)c2N1. The van der Waals surface area contributed by atoms with Gasteiger partial charge >= 0.3 is 0 Å². The summed E-state index contributed by atoms with van der Waals surface area (Å²) in [4.78, 5) is 18.0. The topological polar surface area (TPSA) is 88.9 Å². The van der Waals surface area contributed by atoms with E-state index in [0.29, 0.717) is 30.5 Å². The normalized spacial score (nSPS) is 17.2. The molecule has 156 valence electrons. The highest BCUT2D eigenvalue weighted by molar-refractivity contribution is 5.85. The van der Waals surface area contributed by atoms with E-state index in [4.69, 9.17) is 9.47 Å². The fourth-order valence-electron chi connectivity index (χ4n) is 3.51. The molecule has 2 aliphatic rings. The first-order valence-corrected chi connectivity index (χ1v) is 9.84. The van der Waals surface area contributed by atoms with Crippen molar-refractivity contribution in [2.45, 2.75) is 13.2 Å². The highest BCUT2D eigenvalue weighted by Crippen LogP contribution is 2.29. The number of hydrogen-bond acceptors (Lipinski definition) is 7. The molecular weight excluding hydrogens is 382 g/mol. The van der Waals surface area contributed by atoms with Gasteiger partial charge in [-0.1, -0.05) is 18.2 Å². The van der Waals surface area contributed by atoms with Crippen LogP contribution in [0.1, 0.15) is 12.5 Å². The maximum Gasteiger partial charge on any atom is 0.264 e. The van der Waals surface area contributed by atoms with Crippen molar-refractivity contribution in [3.8, 4) is 16.9 Å². The minimum absolute atomic E-state index is 0.131. The average Bonchev–Trinajstić information content (AvgIpc) is 2.79. The van der Waals surface area contributed by atoms with Crippen LogP contribution >= 0.6 is 0 Å². The number of nitrogens with one attached hydrogen (secondary N) is 3. The Hall–Kier alpha value is -3.52. The molecule has 0 radical (unpaired) electrons. The summed E-state index contributed by atoms with van der Waals surface area (Å²) < 4.78 is 12.6. The number of hydrogen-bond donors (Lipinski definition) is 3. The third-order valence-corrected chi connectivity index (χ3v) is 5.01. The molecule has 2 aliphatic heterocycles. The van der Waals surface area contributed by atoms with Gasteiger partial charge < -0.3 is 25.4 Å². The van der Waals surface area contributed by atoms with Gasteiger partial charge in [-0.05, 0) is 36.8 Å². The van der Waals surface area contributed by atoms with Crippen LogP contribution in [-0.2, 0) is 4.74 Å². The van der Waals surface area contributed by atoms with Crippen LogP contribution in [0, 0.1) is 0 Å². The van der Waals surface area contributed by atoms with Crippen molar-refractivity contribution >= 4 is 23.6 Å². The third-order valence-electron chi connectivity index (χ3n) is 5.01. The van der Waals surface area contributed by atoms with Crippen molar-refractivity contribution < 1.29 is 9.47 Å². The Labute approximate surface area is 174 Å². The molecule has 1 aromatic carbocycles. The summed E-state index contributed by atoms with van der Waals surface area (Å²) in [5.41, 5.74) is 2.93. The van der Waals surface area contributed by atoms with Crippen LogP contribution in [0.3, 0.4) is 0 Å². The molecule has 2 aromatic rings. The van der Waals surface area contributed by atoms with E-state index >= 15 is 0 Å². The zero-order chi connectivity index (χ0) is 21.1. The number of benzene rings is 1. The van der Waals surface area contributed by atoms with Gasteiger partial charge in [0.1, 0.15) is 17.8 Å². The summed E-state index contributed by atoms with van der Waals surface area (Å²) >= 11 is 0. The smallest absolute Gasteiger partial charge is 0.264 e. The van der Waals surface area contributed by atoms with E-state index in [1.54, 1.807) is 24.9 Å². The second kappa shape index (κ2) is 8.46. The molecule has 3 N–H and O–H groups in total. The van der Waals surface area contributed by atoms with Crippen molar-refractivity contribution in [2.24, 2.45) is 4.99 Å². The summed E-state index contributed by atoms with van der Waals surface area (Å²) in [6, 6.07) is 9.38. The van der Waals surface area contributed by atoms with Crippen molar-refractivity contribution in [3.63, 3.8) is 0 Å². The van der Waals surface area contributed by atoms with Crippen LogP contribution in [-0.4, -0.2) is 44.1 Å². The Balaban J connectivity index is 1.88. The molecule has 0 aliphatic carbocycles. The molecule has 0 amide bonds. The predicted octanol–water partition coefficient (Wildman–Crippen LogP) is 2.30. The number of aromatic nitrogens is 1. The Morgan fingerprint density at radius 1 is 1.30 bits per heavy atom. The van der Waals surface area contributed by atoms with Crippen molar-refractivity contribution in [2.75, 3.05) is 32.6 Å². The lowest BCUT2D eigenvalue weighted by atomic mass is 10.0. The van der Waals surface area contributed by atoms with Crippen LogP contribution in [0.25, 0.3) is 22.9 Å². The molecule has 8 nitrogen and oxygen atoms in total. The molecule has 0 bridgehead atoms. The minimum atomic E-state index is -0.298. The number of methoxy groups -OCH3 is 1. The molecule has 8 heteroatoms. The van der Waals surface area contributed by atoms with Gasteiger partial charge in [0.05, 0.1) is 25.6 Å². The second-order valence-corrected chi connectivity index (χ2v) is 6.81. The van der Waals surface area contributed by atoms with Crippen molar-refractivity contribution in [3.05, 3.63) is 58.5 Å². The van der Waals surface area contributed by atoms with E-state index in [9.17, 15) is 4.79 Å². The first-order chi connectivity index (χ1) is 14.6. The average molecular weight is 407 g/mol. The first-order valence-electron chi connectivity index (χ1n) is 9.84. The Kier molecular flexibility index (Phi) is 5.58. The van der Waals surface area contributed by atoms with Crippen LogP contribution in [0.15, 0.2) is 52.4 Å². The van der Waals surface area contributed by atoms with Crippen molar-refractivity contribution in [1.29, 1.82) is 0 Å². The number of nitrogens with zero attached hydrogens (tertiary/aromatic N) is 2. The zero-order valence-electron chi connectivity index (χ0n) is 17.2. The standard InChI is InChI=1S/C22H25N5O3/c1-4-30-19-10-7-15-11-18(14-5-8-17(29-3)9-6-14)21(28)27(20(15)26-19)16-12-24-22(23-2)25-13-16/h5-12,19,26H,4,13H2,1-3H3,(H2,23,24,25). The zero-order valence-corrected chi connectivity index (χ0v) is 17.2. The number of guanidine groups is 1. The number of rotatable bonds is 5. The second-order valence-electron chi connectivity index (χ2n) is 6.81. The highest BCUT2D eigenvalue weighted by atomic mass is 16.5. The number of anilines is 1. The fraction of sp³-hybridized carbons (Fsp3) is 0.273. The summed E-state index contributed by atoms with van der Waals surface area (Å²) in [5, 5.41) is 9.48. The monoisotopic (exact) mass is 407 g/mol. The maximum absolute atomic E-state index is 13.6. The molecule has 1 atom stereocenters. The number of aliphatic imine (C=N–C) groups is 1. The van der Waals surface area contributed by atoms with Crippen molar-refractivity contribution in [1.82, 2.24) is 15.2 Å². The fourth-order valence-corrected chi connectivity index (χ4v) is 3.51. The summed E-state index contributed by atoms with van der Waals surface area (Å²) in [7, 11) is 3.41. The Morgan fingerprint density at radius 2 is 2.10 bits per heavy atom. The summed E-state index contributed by atoms with van der Waals surface area (Å²) in [6.45, 7) is 2.96. The third kappa shape index (κ3) is 3.69. The molecular formula is C22H25N5O3. The summed E-state index contributed by atoms with van der Waals surface area (Å²) in [5.74, 6) is 2.09. The molecule has 30 heavy (non-hydrogen) atoms. The van der Waals surface area contributed by atoms with E-state index in [1.807, 2.05) is 49.4 Å². The van der Waals surface area contributed by atoms with E-state index < -0.39 is 0 Å². The van der Waals surface area contributed by atoms with Crippen LogP contribution in [0.5, 0.6) is 5.75 Å². The molecule has 4 rings (SSSR count). The lowest BCUT2D eigenvalue weighted by molar-refractivity contribution is 0.115. The van der Waals surface area contributed by atoms with Gasteiger partial charge in [0.15, 0.2) is 5.96 Å². The van der Waals surface area contributed by atoms with Crippen LogP contribution < -0.4 is 26.2 Å². The van der Waals surface area contributed by atoms with Gasteiger partial charge in [-0.25, -0.2) is 4.99 Å². The lowest BCUT2D eigenvalue weighted by Crippen LogP contribution is -2.40. The van der Waals surface area contributed by atoms with E-state index in [-0.39, 0.29) is 11.8 Å². The molecule has 0 fully saturated rings. The molecule has 1 unspecified atom stereocenters. The number of pyridine rings is 1. The van der Waals surface area contributed by atoms with Gasteiger partial charge in [-0.2, -0.15) is 0 Å². The van der Waals surface area contributed by atoms with Gasteiger partial charge in [0.2, 0.25) is 0 Å². The van der Waals surface area contributed by atoms with E-state index in [2.05, 4.69) is 20.9 Å². The van der Waals surface area contributed by atoms with Gasteiger partial charge in [0.25, 0.3) is 5.56 Å². The Morgan fingerprint density at radius 3 is 2.73 bits per heavy atom. The molecule has 0 saturated heterocycles. The lowest BCUT2D eigenvalue weighted by Gasteiger charge is -2.28. The maximum atomic E-state index is 13.6. The summed E-state index contributed by atoms with van der Waals surface area (Å²) in [6.07, 6.45) is 5.34. The van der Waals surface area contributed by atoms with Crippen LogP contribution in [0.2, 0.25) is 0 Å². The predicted molar refractivity (Wildman–Crippen MR) is 120 cm³/mol. The van der Waals surface area contributed by atoms with Crippen LogP contribution in [0.4, 0.5) is 5.82 Å². The van der Waals surface area contributed by atoms with E-state index in [1.165, 1.54) is 0 Å². The quantitative estimate of drug-likeness (QED) is 0.705. The largest absolute Gasteiger partial charge is 0.497 e. The van der Waals surface area contributed by atoms with E-state index in [0.717, 1.165) is 22.6 Å². The molecule has 0 saturated carbocycles.